The first kappa shape index (κ1) is 16.9. The minimum Gasteiger partial charge on any atom is -0.478 e. The summed E-state index contributed by atoms with van der Waals surface area (Å²) in [7, 11) is 1.54. The molecule has 1 aromatic carbocycles. The van der Waals surface area contributed by atoms with Gasteiger partial charge in [-0.25, -0.2) is 4.79 Å². The van der Waals surface area contributed by atoms with Crippen molar-refractivity contribution in [1.82, 2.24) is 4.90 Å². The van der Waals surface area contributed by atoms with Gasteiger partial charge in [-0.05, 0) is 24.8 Å². The van der Waals surface area contributed by atoms with Crippen molar-refractivity contribution < 1.29 is 24.4 Å². The number of carbonyl (C=O) groups is 2. The maximum absolute atomic E-state index is 12.3. The van der Waals surface area contributed by atoms with Gasteiger partial charge in [0.05, 0.1) is 17.1 Å². The maximum atomic E-state index is 12.3. The van der Waals surface area contributed by atoms with E-state index >= 15 is 0 Å². The second-order valence-electron chi connectivity index (χ2n) is 5.58. The molecule has 8 heteroatoms. The van der Waals surface area contributed by atoms with E-state index in [9.17, 15) is 19.7 Å². The predicted octanol–water partition coefficient (Wildman–Crippen LogP) is 1.79. The van der Waals surface area contributed by atoms with Crippen molar-refractivity contribution in [1.29, 1.82) is 0 Å². The van der Waals surface area contributed by atoms with Crippen molar-refractivity contribution in [3.05, 3.63) is 39.4 Å². The van der Waals surface area contributed by atoms with Gasteiger partial charge in [0.2, 0.25) is 0 Å². The van der Waals surface area contributed by atoms with Crippen molar-refractivity contribution in [2.75, 3.05) is 26.8 Å². The van der Waals surface area contributed by atoms with Crippen LogP contribution in [0.5, 0.6) is 0 Å². The van der Waals surface area contributed by atoms with E-state index in [4.69, 9.17) is 9.84 Å². The number of hydrogen-bond acceptors (Lipinski definition) is 5. The number of benzene rings is 1. The molecule has 2 rings (SSSR count). The van der Waals surface area contributed by atoms with Gasteiger partial charge in [0.15, 0.2) is 0 Å². The molecule has 0 radical (unpaired) electrons. The first-order valence-electron chi connectivity index (χ1n) is 7.24. The van der Waals surface area contributed by atoms with Crippen molar-refractivity contribution >= 4 is 17.6 Å². The minimum atomic E-state index is -1.32. The third-order valence-electron chi connectivity index (χ3n) is 3.59. The Hall–Kier alpha value is -2.48. The lowest BCUT2D eigenvalue weighted by atomic mass is 10.1. The van der Waals surface area contributed by atoms with Crippen molar-refractivity contribution in [3.8, 4) is 0 Å². The molecular formula is C15H18N2O6. The average molecular weight is 322 g/mol. The molecule has 1 aliphatic rings. The molecule has 124 valence electrons. The Morgan fingerprint density at radius 3 is 2.57 bits per heavy atom. The van der Waals surface area contributed by atoms with Crippen LogP contribution in [0.25, 0.3) is 0 Å². The predicted molar refractivity (Wildman–Crippen MR) is 80.6 cm³/mol. The third kappa shape index (κ3) is 4.75. The van der Waals surface area contributed by atoms with Crippen LogP contribution in [-0.4, -0.2) is 53.6 Å². The second-order valence-corrected chi connectivity index (χ2v) is 5.58. The third-order valence-corrected chi connectivity index (χ3v) is 3.59. The number of carbonyl (C=O) groups excluding carboxylic acids is 1. The molecule has 0 bridgehead atoms. The molecule has 1 aliphatic carbocycles. The first-order chi connectivity index (χ1) is 10.9. The minimum absolute atomic E-state index is 0.0266. The summed E-state index contributed by atoms with van der Waals surface area (Å²) in [6.45, 7) is 1.39. The van der Waals surface area contributed by atoms with Crippen LogP contribution in [0.3, 0.4) is 0 Å². The molecule has 0 unspecified atom stereocenters. The standard InChI is InChI=1S/C15H18N2O6/c1-16(4-5-23-9-10-2-3-10)14(18)11-6-12(15(19)20)8-13(7-11)17(21)22/h6-8,10H,2-5,9H2,1H3,(H,19,20). The van der Waals surface area contributed by atoms with Gasteiger partial charge in [-0.15, -0.1) is 0 Å². The number of ether oxygens (including phenoxy) is 1. The van der Waals surface area contributed by atoms with Gasteiger partial charge >= 0.3 is 5.97 Å². The molecule has 0 heterocycles. The Labute approximate surface area is 132 Å². The van der Waals surface area contributed by atoms with E-state index < -0.39 is 22.5 Å². The van der Waals surface area contributed by atoms with E-state index in [1.807, 2.05) is 0 Å². The smallest absolute Gasteiger partial charge is 0.335 e. The summed E-state index contributed by atoms with van der Waals surface area (Å²) in [5.41, 5.74) is -0.742. The van der Waals surface area contributed by atoms with E-state index in [1.165, 1.54) is 17.7 Å². The summed E-state index contributed by atoms with van der Waals surface area (Å²) in [4.78, 5) is 34.8. The van der Waals surface area contributed by atoms with Crippen LogP contribution in [0.15, 0.2) is 18.2 Å². The van der Waals surface area contributed by atoms with Crippen molar-refractivity contribution in [3.63, 3.8) is 0 Å². The van der Waals surface area contributed by atoms with Gasteiger partial charge in [0.1, 0.15) is 0 Å². The molecule has 0 spiro atoms. The summed E-state index contributed by atoms with van der Waals surface area (Å²) >= 11 is 0. The number of non-ortho nitro benzene ring substituents is 1. The van der Waals surface area contributed by atoms with Gasteiger partial charge < -0.3 is 14.7 Å². The Bertz CT molecular complexity index is 594. The maximum Gasteiger partial charge on any atom is 0.335 e. The van der Waals surface area contributed by atoms with Gasteiger partial charge in [-0.1, -0.05) is 0 Å². The molecule has 1 amide bonds. The molecule has 1 aromatic rings. The lowest BCUT2D eigenvalue weighted by Crippen LogP contribution is -2.30. The number of hydrogen-bond donors (Lipinski definition) is 1. The van der Waals surface area contributed by atoms with Gasteiger partial charge in [-0.3, -0.25) is 14.9 Å². The number of nitro benzene ring substituents is 1. The summed E-state index contributed by atoms with van der Waals surface area (Å²) in [5.74, 6) is -1.17. The second kappa shape index (κ2) is 7.19. The van der Waals surface area contributed by atoms with Crippen molar-refractivity contribution in [2.45, 2.75) is 12.8 Å². The highest BCUT2D eigenvalue weighted by atomic mass is 16.6. The molecule has 0 aromatic heterocycles. The van der Waals surface area contributed by atoms with E-state index in [0.717, 1.165) is 18.2 Å². The van der Waals surface area contributed by atoms with E-state index in [2.05, 4.69) is 0 Å². The normalized spacial score (nSPS) is 13.6. The fourth-order valence-corrected chi connectivity index (χ4v) is 2.02. The lowest BCUT2D eigenvalue weighted by Gasteiger charge is -2.17. The quantitative estimate of drug-likeness (QED) is 0.444. The topological polar surface area (TPSA) is 110 Å². The van der Waals surface area contributed by atoms with Gasteiger partial charge in [0, 0.05) is 37.9 Å². The summed E-state index contributed by atoms with van der Waals surface area (Å²) in [6.07, 6.45) is 2.36. The summed E-state index contributed by atoms with van der Waals surface area (Å²) in [5, 5.41) is 19.9. The fraction of sp³-hybridized carbons (Fsp3) is 0.467. The Balaban J connectivity index is 2.03. The number of carboxylic acids is 1. The largest absolute Gasteiger partial charge is 0.478 e. The lowest BCUT2D eigenvalue weighted by molar-refractivity contribution is -0.384. The number of likely N-dealkylation sites (N-methyl/N-ethyl adjacent to an activating group) is 1. The van der Waals surface area contributed by atoms with Crippen LogP contribution >= 0.6 is 0 Å². The number of rotatable bonds is 8. The van der Waals surface area contributed by atoms with Crippen LogP contribution in [0, 0.1) is 16.0 Å². The van der Waals surface area contributed by atoms with Gasteiger partial charge in [0.25, 0.3) is 11.6 Å². The van der Waals surface area contributed by atoms with E-state index in [1.54, 1.807) is 7.05 Å². The van der Waals surface area contributed by atoms with E-state index in [0.29, 0.717) is 25.7 Å². The monoisotopic (exact) mass is 322 g/mol. The Kier molecular flexibility index (Phi) is 5.28. The molecular weight excluding hydrogens is 304 g/mol. The highest BCUT2D eigenvalue weighted by Gasteiger charge is 2.22. The average Bonchev–Trinajstić information content (AvgIpc) is 3.34. The summed E-state index contributed by atoms with van der Waals surface area (Å²) < 4.78 is 5.44. The number of carboxylic acid groups (broad SMARTS) is 1. The molecule has 1 N–H and O–H groups in total. The molecule has 1 saturated carbocycles. The van der Waals surface area contributed by atoms with E-state index in [-0.39, 0.29) is 11.1 Å². The zero-order valence-corrected chi connectivity index (χ0v) is 12.7. The van der Waals surface area contributed by atoms with Crippen LogP contribution in [0.4, 0.5) is 5.69 Å². The Morgan fingerprint density at radius 1 is 1.35 bits per heavy atom. The summed E-state index contributed by atoms with van der Waals surface area (Å²) in [6, 6.07) is 3.15. The highest BCUT2D eigenvalue weighted by molar-refractivity contribution is 5.98. The van der Waals surface area contributed by atoms with Crippen LogP contribution in [-0.2, 0) is 4.74 Å². The zero-order chi connectivity index (χ0) is 17.0. The van der Waals surface area contributed by atoms with Crippen LogP contribution in [0.2, 0.25) is 0 Å². The SMILES string of the molecule is CN(CCOCC1CC1)C(=O)c1cc(C(=O)O)cc([N+](=O)[O-])c1. The molecule has 0 aliphatic heterocycles. The molecule has 8 nitrogen and oxygen atoms in total. The molecule has 0 atom stereocenters. The van der Waals surface area contributed by atoms with Crippen LogP contribution < -0.4 is 0 Å². The zero-order valence-electron chi connectivity index (χ0n) is 12.7. The first-order valence-corrected chi connectivity index (χ1v) is 7.24. The molecule has 0 saturated heterocycles. The molecule has 1 fully saturated rings. The number of nitrogens with zero attached hydrogens (tertiary/aromatic N) is 2. The highest BCUT2D eigenvalue weighted by Crippen LogP contribution is 2.28. The molecule has 23 heavy (non-hydrogen) atoms. The van der Waals surface area contributed by atoms with Crippen LogP contribution in [0.1, 0.15) is 33.6 Å². The Morgan fingerprint density at radius 2 is 2.00 bits per heavy atom. The number of amides is 1. The fourth-order valence-electron chi connectivity index (χ4n) is 2.02. The number of nitro groups is 1. The number of aromatic carboxylic acids is 1. The van der Waals surface area contributed by atoms with Crippen molar-refractivity contribution in [2.24, 2.45) is 5.92 Å². The van der Waals surface area contributed by atoms with Gasteiger partial charge in [-0.2, -0.15) is 0 Å².